The summed E-state index contributed by atoms with van der Waals surface area (Å²) < 4.78 is 5.60. The maximum Gasteiger partial charge on any atom is 0.289 e. The quantitative estimate of drug-likeness (QED) is 0.820. The lowest BCUT2D eigenvalue weighted by molar-refractivity contribution is 0.0679. The van der Waals surface area contributed by atoms with Crippen LogP contribution in [0.2, 0.25) is 5.02 Å². The molecule has 5 nitrogen and oxygen atoms in total. The summed E-state index contributed by atoms with van der Waals surface area (Å²) >= 11 is 6.11. The van der Waals surface area contributed by atoms with Crippen LogP contribution in [-0.4, -0.2) is 47.3 Å². The van der Waals surface area contributed by atoms with Crippen molar-refractivity contribution in [2.45, 2.75) is 6.42 Å². The van der Waals surface area contributed by atoms with E-state index in [1.54, 1.807) is 18.2 Å². The topological polar surface area (TPSA) is 73.9 Å². The standard InChI is InChI=1S/C16H18ClNO4/c17-13-5-2-1-4-12(13)14-6-7-15(22-14)16(21)18(9-11-20)8-3-10-19/h1-2,4-7,19-20H,3,8-11H2. The van der Waals surface area contributed by atoms with Gasteiger partial charge in [-0.25, -0.2) is 0 Å². The summed E-state index contributed by atoms with van der Waals surface area (Å²) in [4.78, 5) is 13.8. The minimum Gasteiger partial charge on any atom is -0.451 e. The minimum atomic E-state index is -0.319. The second kappa shape index (κ2) is 7.98. The molecule has 6 heteroatoms. The van der Waals surface area contributed by atoms with Gasteiger partial charge in [-0.05, 0) is 30.7 Å². The van der Waals surface area contributed by atoms with Gasteiger partial charge in [0.1, 0.15) is 5.76 Å². The number of furan rings is 1. The summed E-state index contributed by atoms with van der Waals surface area (Å²) in [5, 5.41) is 18.5. The summed E-state index contributed by atoms with van der Waals surface area (Å²) in [7, 11) is 0. The van der Waals surface area contributed by atoms with Crippen LogP contribution in [0.3, 0.4) is 0 Å². The number of aliphatic hydroxyl groups is 2. The molecule has 0 aliphatic carbocycles. The maximum atomic E-state index is 12.4. The Morgan fingerprint density at radius 2 is 1.86 bits per heavy atom. The monoisotopic (exact) mass is 323 g/mol. The molecule has 22 heavy (non-hydrogen) atoms. The second-order valence-corrected chi connectivity index (χ2v) is 5.14. The molecule has 0 radical (unpaired) electrons. The number of carbonyl (C=O) groups is 1. The number of halogens is 1. The van der Waals surface area contributed by atoms with Crippen molar-refractivity contribution in [3.8, 4) is 11.3 Å². The van der Waals surface area contributed by atoms with Gasteiger partial charge in [-0.2, -0.15) is 0 Å². The number of rotatable bonds is 7. The molecule has 2 N–H and O–H groups in total. The predicted octanol–water partition coefficient (Wildman–Crippen LogP) is 2.42. The van der Waals surface area contributed by atoms with Gasteiger partial charge in [0.15, 0.2) is 5.76 Å². The smallest absolute Gasteiger partial charge is 0.289 e. The highest BCUT2D eigenvalue weighted by Crippen LogP contribution is 2.29. The molecule has 0 spiro atoms. The van der Waals surface area contributed by atoms with Crippen molar-refractivity contribution < 1.29 is 19.4 Å². The Morgan fingerprint density at radius 1 is 1.09 bits per heavy atom. The first-order chi connectivity index (χ1) is 10.7. The second-order valence-electron chi connectivity index (χ2n) is 4.74. The van der Waals surface area contributed by atoms with Crippen LogP contribution in [0, 0.1) is 0 Å². The lowest BCUT2D eigenvalue weighted by Gasteiger charge is -2.19. The number of hydrogen-bond acceptors (Lipinski definition) is 4. The van der Waals surface area contributed by atoms with Crippen molar-refractivity contribution in [3.05, 3.63) is 47.2 Å². The average Bonchev–Trinajstić information content (AvgIpc) is 3.01. The zero-order chi connectivity index (χ0) is 15.9. The van der Waals surface area contributed by atoms with Gasteiger partial charge in [0.05, 0.1) is 11.6 Å². The van der Waals surface area contributed by atoms with Gasteiger partial charge in [0.2, 0.25) is 0 Å². The lowest BCUT2D eigenvalue weighted by Crippen LogP contribution is -2.34. The van der Waals surface area contributed by atoms with Gasteiger partial charge in [-0.15, -0.1) is 0 Å². The molecule has 1 aromatic heterocycles. The van der Waals surface area contributed by atoms with Gasteiger partial charge in [-0.1, -0.05) is 23.7 Å². The third kappa shape index (κ3) is 3.88. The van der Waals surface area contributed by atoms with E-state index in [4.69, 9.17) is 26.2 Å². The van der Waals surface area contributed by atoms with Gasteiger partial charge in [0.25, 0.3) is 5.91 Å². The van der Waals surface area contributed by atoms with E-state index >= 15 is 0 Å². The predicted molar refractivity (Wildman–Crippen MR) is 83.8 cm³/mol. The fourth-order valence-corrected chi connectivity index (χ4v) is 2.34. The van der Waals surface area contributed by atoms with Gasteiger partial charge >= 0.3 is 0 Å². The van der Waals surface area contributed by atoms with Crippen molar-refractivity contribution in [1.29, 1.82) is 0 Å². The highest BCUT2D eigenvalue weighted by Gasteiger charge is 2.19. The fourth-order valence-electron chi connectivity index (χ4n) is 2.11. The first-order valence-electron chi connectivity index (χ1n) is 7.03. The third-order valence-electron chi connectivity index (χ3n) is 3.20. The molecule has 1 aromatic carbocycles. The molecule has 2 rings (SSSR count). The van der Waals surface area contributed by atoms with Crippen molar-refractivity contribution >= 4 is 17.5 Å². The Labute approximate surface area is 133 Å². The minimum absolute atomic E-state index is 0.0156. The Kier molecular flexibility index (Phi) is 6.00. The summed E-state index contributed by atoms with van der Waals surface area (Å²) in [6.07, 6.45) is 0.448. The van der Waals surface area contributed by atoms with E-state index < -0.39 is 0 Å². The molecule has 118 valence electrons. The lowest BCUT2D eigenvalue weighted by atomic mass is 10.2. The number of aliphatic hydroxyl groups excluding tert-OH is 2. The van der Waals surface area contributed by atoms with Gasteiger partial charge in [0, 0.05) is 25.3 Å². The van der Waals surface area contributed by atoms with Crippen LogP contribution in [0.5, 0.6) is 0 Å². The zero-order valence-electron chi connectivity index (χ0n) is 12.0. The normalized spacial score (nSPS) is 10.7. The number of nitrogens with zero attached hydrogens (tertiary/aromatic N) is 1. The molecular formula is C16H18ClNO4. The zero-order valence-corrected chi connectivity index (χ0v) is 12.8. The fraction of sp³-hybridized carbons (Fsp3) is 0.312. The number of benzene rings is 1. The molecule has 0 fully saturated rings. The van der Waals surface area contributed by atoms with Crippen molar-refractivity contribution in [2.75, 3.05) is 26.3 Å². The maximum absolute atomic E-state index is 12.4. The van der Waals surface area contributed by atoms with E-state index in [0.29, 0.717) is 29.3 Å². The molecule has 0 unspecified atom stereocenters. The molecule has 1 amide bonds. The molecule has 1 heterocycles. The molecule has 0 aliphatic rings. The van der Waals surface area contributed by atoms with Crippen molar-refractivity contribution in [3.63, 3.8) is 0 Å². The van der Waals surface area contributed by atoms with Crippen LogP contribution in [0.15, 0.2) is 40.8 Å². The van der Waals surface area contributed by atoms with E-state index in [2.05, 4.69) is 0 Å². The van der Waals surface area contributed by atoms with E-state index in [0.717, 1.165) is 0 Å². The van der Waals surface area contributed by atoms with Crippen LogP contribution in [0.1, 0.15) is 17.0 Å². The SMILES string of the molecule is O=C(c1ccc(-c2ccccc2Cl)o1)N(CCO)CCCO. The Hall–Kier alpha value is -1.82. The molecule has 0 aliphatic heterocycles. The molecule has 0 bridgehead atoms. The first kappa shape index (κ1) is 16.5. The van der Waals surface area contributed by atoms with E-state index in [1.807, 2.05) is 18.2 Å². The van der Waals surface area contributed by atoms with E-state index in [1.165, 1.54) is 4.90 Å². The van der Waals surface area contributed by atoms with Crippen LogP contribution in [-0.2, 0) is 0 Å². The third-order valence-corrected chi connectivity index (χ3v) is 3.53. The Balaban J connectivity index is 2.19. The molecule has 0 saturated carbocycles. The Morgan fingerprint density at radius 3 is 2.55 bits per heavy atom. The van der Waals surface area contributed by atoms with E-state index in [9.17, 15) is 4.79 Å². The highest BCUT2D eigenvalue weighted by molar-refractivity contribution is 6.33. The van der Waals surface area contributed by atoms with Crippen molar-refractivity contribution in [2.24, 2.45) is 0 Å². The van der Waals surface area contributed by atoms with Crippen LogP contribution in [0.25, 0.3) is 11.3 Å². The van der Waals surface area contributed by atoms with Crippen LogP contribution < -0.4 is 0 Å². The Bertz CT molecular complexity index is 626. The largest absolute Gasteiger partial charge is 0.451 e. The number of carbonyl (C=O) groups excluding carboxylic acids is 1. The van der Waals surface area contributed by atoms with Gasteiger partial charge in [-0.3, -0.25) is 4.79 Å². The first-order valence-corrected chi connectivity index (χ1v) is 7.41. The van der Waals surface area contributed by atoms with Gasteiger partial charge < -0.3 is 19.5 Å². The molecule has 2 aromatic rings. The molecule has 0 atom stereocenters. The molecule has 0 saturated heterocycles. The summed E-state index contributed by atoms with van der Waals surface area (Å²) in [5.41, 5.74) is 0.715. The number of hydrogen-bond donors (Lipinski definition) is 2. The average molecular weight is 324 g/mol. The summed E-state index contributed by atoms with van der Waals surface area (Å²) in [5.74, 6) is 0.377. The van der Waals surface area contributed by atoms with Crippen molar-refractivity contribution in [1.82, 2.24) is 4.90 Å². The van der Waals surface area contributed by atoms with Crippen LogP contribution in [0.4, 0.5) is 0 Å². The number of amides is 1. The molecular weight excluding hydrogens is 306 g/mol. The van der Waals surface area contributed by atoms with Crippen LogP contribution >= 0.6 is 11.6 Å². The highest BCUT2D eigenvalue weighted by atomic mass is 35.5. The summed E-state index contributed by atoms with van der Waals surface area (Å²) in [6, 6.07) is 10.5. The summed E-state index contributed by atoms with van der Waals surface area (Å²) in [6.45, 7) is 0.395. The van der Waals surface area contributed by atoms with E-state index in [-0.39, 0.29) is 31.4 Å².